The summed E-state index contributed by atoms with van der Waals surface area (Å²) in [5.74, 6) is -0.276. The Hall–Kier alpha value is -1.65. The van der Waals surface area contributed by atoms with Crippen LogP contribution in [-0.4, -0.2) is 10.1 Å². The van der Waals surface area contributed by atoms with Gasteiger partial charge in [0.1, 0.15) is 10.0 Å². The van der Waals surface area contributed by atoms with Gasteiger partial charge in [0.05, 0.1) is 10.4 Å². The second kappa shape index (κ2) is 8.71. The van der Waals surface area contributed by atoms with Crippen LogP contribution in [0.3, 0.4) is 0 Å². The number of hydrogen-bond donors (Lipinski definition) is 1. The predicted molar refractivity (Wildman–Crippen MR) is 93.6 cm³/mol. The van der Waals surface area contributed by atoms with E-state index in [0.717, 1.165) is 5.56 Å². The maximum Gasteiger partial charge on any atom is 0.244 e. The maximum absolute atomic E-state index is 12.0. The molecule has 1 aromatic rings. The summed E-state index contributed by atoms with van der Waals surface area (Å²) in [5, 5.41) is 2.91. The van der Waals surface area contributed by atoms with Crippen molar-refractivity contribution in [1.29, 1.82) is 0 Å². The Kier molecular flexibility index (Phi) is 7.28. The molecule has 0 aromatic heterocycles. The summed E-state index contributed by atoms with van der Waals surface area (Å²) in [6.07, 6.45) is 7.90. The Balaban J connectivity index is 2.81. The zero-order chi connectivity index (χ0) is 16.6. The summed E-state index contributed by atoms with van der Waals surface area (Å²) in [6, 6.07) is 9.68. The van der Waals surface area contributed by atoms with E-state index < -0.39 is 15.6 Å². The summed E-state index contributed by atoms with van der Waals surface area (Å²) in [5.41, 5.74) is 0.498. The molecule has 0 bridgehead atoms. The quantitative estimate of drug-likeness (QED) is 0.485. The van der Waals surface area contributed by atoms with Gasteiger partial charge in [-0.05, 0) is 49.2 Å². The number of carbonyl (C=O) groups is 1. The lowest BCUT2D eigenvalue weighted by Gasteiger charge is -2.26. The Morgan fingerprint density at radius 1 is 1.23 bits per heavy atom. The number of hydrogen-bond acceptors (Lipinski definition) is 2. The van der Waals surface area contributed by atoms with E-state index in [1.807, 2.05) is 51.1 Å². The van der Waals surface area contributed by atoms with E-state index in [1.54, 1.807) is 18.2 Å². The summed E-state index contributed by atoms with van der Waals surface area (Å²) in [6.45, 7) is 5.68. The highest BCUT2D eigenvalue weighted by molar-refractivity contribution is 8.11. The number of allylic oxidation sites excluding steroid dienone is 4. The molecule has 1 aromatic carbocycles. The van der Waals surface area contributed by atoms with Crippen LogP contribution >= 0.6 is 10.7 Å². The van der Waals surface area contributed by atoms with Gasteiger partial charge in [-0.3, -0.25) is 4.79 Å². The van der Waals surface area contributed by atoms with E-state index in [9.17, 15) is 9.00 Å². The van der Waals surface area contributed by atoms with E-state index in [2.05, 4.69) is 5.32 Å². The molecule has 0 aliphatic rings. The molecule has 1 rings (SSSR count). The van der Waals surface area contributed by atoms with Crippen molar-refractivity contribution in [3.63, 3.8) is 0 Å². The molecule has 1 atom stereocenters. The molecule has 22 heavy (non-hydrogen) atoms. The van der Waals surface area contributed by atoms with Crippen LogP contribution in [0, 0.1) is 0 Å². The van der Waals surface area contributed by atoms with Crippen LogP contribution in [0.2, 0.25) is 0 Å². The number of carbonyl (C=O) groups excluding carboxylic acids is 1. The minimum Gasteiger partial charge on any atom is -0.344 e. The number of nitrogens with one attached hydrogen (secondary N) is 1. The van der Waals surface area contributed by atoms with Gasteiger partial charge in [0.2, 0.25) is 5.91 Å². The molecule has 1 N–H and O–H groups in total. The molecule has 0 aliphatic heterocycles. The van der Waals surface area contributed by atoms with Crippen LogP contribution in [0.5, 0.6) is 0 Å². The van der Waals surface area contributed by atoms with Crippen molar-refractivity contribution in [2.45, 2.75) is 26.3 Å². The average molecular weight is 338 g/mol. The summed E-state index contributed by atoms with van der Waals surface area (Å²) < 4.78 is 11.4. The Morgan fingerprint density at radius 3 is 2.41 bits per heavy atom. The average Bonchev–Trinajstić information content (AvgIpc) is 2.47. The van der Waals surface area contributed by atoms with Gasteiger partial charge in [-0.15, -0.1) is 0 Å². The number of amides is 1. The molecule has 118 valence electrons. The van der Waals surface area contributed by atoms with Crippen molar-refractivity contribution in [1.82, 2.24) is 5.32 Å². The zero-order valence-electron chi connectivity index (χ0n) is 12.9. The van der Waals surface area contributed by atoms with Crippen LogP contribution < -0.4 is 5.32 Å². The second-order valence-corrected chi connectivity index (χ2v) is 6.89. The summed E-state index contributed by atoms with van der Waals surface area (Å²) in [4.78, 5) is 12.4. The molecular formula is C17H20ClNO2S. The second-order valence-electron chi connectivity index (χ2n) is 5.13. The lowest BCUT2D eigenvalue weighted by molar-refractivity contribution is -0.118. The SMILES string of the molecule is C\C=C/C=C(\C=C\C(=O)NC(C)(C)c1ccccc1)S(=O)Cl. The maximum atomic E-state index is 12.0. The van der Waals surface area contributed by atoms with Crippen LogP contribution in [0.15, 0.2) is 65.6 Å². The molecular weight excluding hydrogens is 318 g/mol. The third kappa shape index (κ3) is 6.00. The Bertz CT molecular complexity index is 619. The minimum absolute atomic E-state index is 0.276. The van der Waals surface area contributed by atoms with Gasteiger partial charge in [0.25, 0.3) is 0 Å². The fourth-order valence-corrected chi connectivity index (χ4v) is 2.46. The molecule has 5 heteroatoms. The highest BCUT2D eigenvalue weighted by Crippen LogP contribution is 2.19. The monoisotopic (exact) mass is 337 g/mol. The number of rotatable bonds is 6. The van der Waals surface area contributed by atoms with Crippen molar-refractivity contribution < 1.29 is 9.00 Å². The van der Waals surface area contributed by atoms with Crippen molar-refractivity contribution in [3.05, 3.63) is 71.2 Å². The largest absolute Gasteiger partial charge is 0.344 e. The first-order valence-corrected chi connectivity index (χ1v) is 8.81. The molecule has 0 radical (unpaired) electrons. The Morgan fingerprint density at radius 2 is 1.86 bits per heavy atom. The fraction of sp³-hybridized carbons (Fsp3) is 0.235. The van der Waals surface area contributed by atoms with Gasteiger partial charge < -0.3 is 5.32 Å². The van der Waals surface area contributed by atoms with E-state index >= 15 is 0 Å². The van der Waals surface area contributed by atoms with Gasteiger partial charge in [-0.1, -0.05) is 42.5 Å². The molecule has 1 amide bonds. The summed E-state index contributed by atoms with van der Waals surface area (Å²) >= 11 is 0. The molecule has 1 unspecified atom stereocenters. The highest BCUT2D eigenvalue weighted by Gasteiger charge is 2.21. The number of halogens is 1. The van der Waals surface area contributed by atoms with Crippen LogP contribution in [0.1, 0.15) is 26.3 Å². The Labute approximate surface area is 138 Å². The highest BCUT2D eigenvalue weighted by atomic mass is 35.7. The summed E-state index contributed by atoms with van der Waals surface area (Å²) in [7, 11) is 3.91. The van der Waals surface area contributed by atoms with Crippen molar-refractivity contribution >= 4 is 26.6 Å². The third-order valence-corrected chi connectivity index (χ3v) is 4.15. The molecule has 0 heterocycles. The molecule has 0 spiro atoms. The van der Waals surface area contributed by atoms with Crippen LogP contribution in [0.4, 0.5) is 0 Å². The van der Waals surface area contributed by atoms with E-state index in [4.69, 9.17) is 10.7 Å². The smallest absolute Gasteiger partial charge is 0.244 e. The van der Waals surface area contributed by atoms with E-state index in [1.165, 1.54) is 12.2 Å². The zero-order valence-corrected chi connectivity index (χ0v) is 14.4. The standard InChI is InChI=1S/C17H20ClNO2S/c1-4-5-11-15(22(18)21)12-13-16(20)19-17(2,3)14-9-7-6-8-10-14/h4-13H,1-3H3,(H,19,20)/b5-4-,13-12+,15-11+. The number of benzene rings is 1. The van der Waals surface area contributed by atoms with Gasteiger partial charge in [0, 0.05) is 6.08 Å². The van der Waals surface area contributed by atoms with E-state index in [-0.39, 0.29) is 5.91 Å². The van der Waals surface area contributed by atoms with E-state index in [0.29, 0.717) is 4.91 Å². The fourth-order valence-electron chi connectivity index (χ4n) is 1.79. The minimum atomic E-state index is -1.67. The predicted octanol–water partition coefficient (Wildman–Crippen LogP) is 3.96. The first-order chi connectivity index (χ1) is 10.4. The molecule has 3 nitrogen and oxygen atoms in total. The first kappa shape index (κ1) is 18.4. The van der Waals surface area contributed by atoms with Gasteiger partial charge in [-0.25, -0.2) is 4.21 Å². The van der Waals surface area contributed by atoms with Gasteiger partial charge in [0.15, 0.2) is 0 Å². The van der Waals surface area contributed by atoms with Gasteiger partial charge >= 0.3 is 0 Å². The van der Waals surface area contributed by atoms with Crippen molar-refractivity contribution in [3.8, 4) is 0 Å². The molecule has 0 aliphatic carbocycles. The van der Waals surface area contributed by atoms with Gasteiger partial charge in [-0.2, -0.15) is 0 Å². The third-order valence-electron chi connectivity index (χ3n) is 2.97. The lowest BCUT2D eigenvalue weighted by atomic mass is 9.94. The van der Waals surface area contributed by atoms with Crippen LogP contribution in [-0.2, 0) is 20.3 Å². The topological polar surface area (TPSA) is 46.2 Å². The molecule has 0 saturated heterocycles. The van der Waals surface area contributed by atoms with Crippen LogP contribution in [0.25, 0.3) is 0 Å². The molecule has 0 saturated carbocycles. The lowest BCUT2D eigenvalue weighted by Crippen LogP contribution is -2.40. The van der Waals surface area contributed by atoms with Crippen molar-refractivity contribution in [2.75, 3.05) is 0 Å². The normalized spacial score (nSPS) is 14.5. The van der Waals surface area contributed by atoms with Crippen molar-refractivity contribution in [2.24, 2.45) is 0 Å². The first-order valence-electron chi connectivity index (χ1n) is 6.83. The molecule has 0 fully saturated rings.